The first kappa shape index (κ1) is 28.9. The lowest BCUT2D eigenvalue weighted by Crippen LogP contribution is -2.47. The van der Waals surface area contributed by atoms with Crippen molar-refractivity contribution >= 4 is 18.0 Å². The highest BCUT2D eigenvalue weighted by atomic mass is 16.6. The van der Waals surface area contributed by atoms with Gasteiger partial charge in [-0.3, -0.25) is 9.59 Å². The average Bonchev–Trinajstić information content (AvgIpc) is 2.87. The monoisotopic (exact) mass is 503 g/mol. The van der Waals surface area contributed by atoms with E-state index in [1.165, 1.54) is 0 Å². The molecule has 0 radical (unpaired) electrons. The van der Waals surface area contributed by atoms with Gasteiger partial charge in [0.1, 0.15) is 18.2 Å². The largest absolute Gasteiger partial charge is 0.460 e. The van der Waals surface area contributed by atoms with Crippen molar-refractivity contribution < 1.29 is 23.9 Å². The SMILES string of the molecule is CC(C)(C)OC(=O)CCC(NC(=O)OCc1ccccc1)C(=O)NCCCC#Cc1ccc(C#N)cc1. The van der Waals surface area contributed by atoms with Crippen LogP contribution in [0.15, 0.2) is 54.6 Å². The molecule has 2 aromatic rings. The summed E-state index contributed by atoms with van der Waals surface area (Å²) in [5.41, 5.74) is 1.56. The average molecular weight is 504 g/mol. The zero-order valence-electron chi connectivity index (χ0n) is 21.5. The van der Waals surface area contributed by atoms with Crippen molar-refractivity contribution in [2.45, 2.75) is 64.7 Å². The number of ether oxygens (including phenoxy) is 2. The van der Waals surface area contributed by atoms with Crippen LogP contribution in [0.3, 0.4) is 0 Å². The van der Waals surface area contributed by atoms with Gasteiger partial charge in [0.05, 0.1) is 11.6 Å². The maximum Gasteiger partial charge on any atom is 0.408 e. The van der Waals surface area contributed by atoms with Gasteiger partial charge in [0.25, 0.3) is 0 Å². The van der Waals surface area contributed by atoms with E-state index in [-0.39, 0.29) is 19.4 Å². The Labute approximate surface area is 218 Å². The first-order chi connectivity index (χ1) is 17.7. The minimum absolute atomic E-state index is 0.0373. The number of rotatable bonds is 10. The Bertz CT molecular complexity index is 1140. The molecule has 2 aromatic carbocycles. The highest BCUT2D eigenvalue weighted by molar-refractivity contribution is 5.86. The van der Waals surface area contributed by atoms with Gasteiger partial charge in [0.2, 0.25) is 5.91 Å². The number of nitriles is 1. The fourth-order valence-electron chi connectivity index (χ4n) is 3.13. The standard InChI is InChI=1S/C29H33N3O5/c1-29(2,3)37-26(33)18-17-25(32-28(35)36-21-24-11-6-4-7-12-24)27(34)31-19-9-5-8-10-22-13-15-23(20-30)16-14-22/h4,6-7,11-16,25H,5,9,17-19,21H2,1-3H3,(H,31,34)(H,32,35). The van der Waals surface area contributed by atoms with Gasteiger partial charge < -0.3 is 20.1 Å². The molecule has 0 aliphatic heterocycles. The van der Waals surface area contributed by atoms with Crippen LogP contribution < -0.4 is 10.6 Å². The summed E-state index contributed by atoms with van der Waals surface area (Å²) in [6.45, 7) is 5.70. The van der Waals surface area contributed by atoms with Gasteiger partial charge in [-0.1, -0.05) is 42.2 Å². The molecule has 0 fully saturated rings. The Balaban J connectivity index is 1.85. The number of benzene rings is 2. The summed E-state index contributed by atoms with van der Waals surface area (Å²) < 4.78 is 10.5. The molecule has 0 spiro atoms. The van der Waals surface area contributed by atoms with Gasteiger partial charge >= 0.3 is 12.1 Å². The van der Waals surface area contributed by atoms with Crippen LogP contribution in [0.5, 0.6) is 0 Å². The van der Waals surface area contributed by atoms with Gasteiger partial charge in [0, 0.05) is 24.9 Å². The Kier molecular flexibility index (Phi) is 11.7. The van der Waals surface area contributed by atoms with E-state index in [2.05, 4.69) is 28.5 Å². The second-order valence-corrected chi connectivity index (χ2v) is 9.27. The van der Waals surface area contributed by atoms with Crippen LogP contribution in [0.25, 0.3) is 0 Å². The Morgan fingerprint density at radius 2 is 1.68 bits per heavy atom. The summed E-state index contributed by atoms with van der Waals surface area (Å²) in [5, 5.41) is 14.2. The molecule has 1 atom stereocenters. The normalized spacial score (nSPS) is 11.2. The molecule has 0 saturated heterocycles. The molecule has 8 nitrogen and oxygen atoms in total. The minimum Gasteiger partial charge on any atom is -0.460 e. The highest BCUT2D eigenvalue weighted by Gasteiger charge is 2.24. The highest BCUT2D eigenvalue weighted by Crippen LogP contribution is 2.11. The molecule has 0 heterocycles. The number of esters is 1. The molecule has 0 saturated carbocycles. The minimum atomic E-state index is -0.958. The first-order valence-electron chi connectivity index (χ1n) is 12.1. The van der Waals surface area contributed by atoms with E-state index in [0.29, 0.717) is 24.9 Å². The summed E-state index contributed by atoms with van der Waals surface area (Å²) in [6, 6.07) is 17.3. The quantitative estimate of drug-likeness (QED) is 0.285. The van der Waals surface area contributed by atoms with Crippen LogP contribution >= 0.6 is 0 Å². The molecular formula is C29H33N3O5. The number of nitrogens with one attached hydrogen (secondary N) is 2. The number of alkyl carbamates (subject to hydrolysis) is 1. The van der Waals surface area contributed by atoms with Crippen LogP contribution in [-0.4, -0.2) is 36.2 Å². The van der Waals surface area contributed by atoms with Gasteiger partial charge in [-0.2, -0.15) is 5.26 Å². The topological polar surface area (TPSA) is 118 Å². The lowest BCUT2D eigenvalue weighted by Gasteiger charge is -2.21. The van der Waals surface area contributed by atoms with Gasteiger partial charge in [-0.05, 0) is 63.4 Å². The van der Waals surface area contributed by atoms with E-state index < -0.39 is 29.6 Å². The smallest absolute Gasteiger partial charge is 0.408 e. The third-order valence-electron chi connectivity index (χ3n) is 4.90. The number of carbonyl (C=O) groups is 3. The summed E-state index contributed by atoms with van der Waals surface area (Å²) >= 11 is 0. The number of unbranched alkanes of at least 4 members (excludes halogenated alkanes) is 1. The summed E-state index contributed by atoms with van der Waals surface area (Å²) in [4.78, 5) is 37.2. The Morgan fingerprint density at radius 1 is 1.00 bits per heavy atom. The summed E-state index contributed by atoms with van der Waals surface area (Å²) in [5.74, 6) is 5.18. The van der Waals surface area contributed by atoms with Crippen molar-refractivity contribution in [1.82, 2.24) is 10.6 Å². The van der Waals surface area contributed by atoms with Crippen molar-refractivity contribution in [3.63, 3.8) is 0 Å². The summed E-state index contributed by atoms with van der Waals surface area (Å²) in [7, 11) is 0. The van der Waals surface area contributed by atoms with Crippen molar-refractivity contribution in [2.24, 2.45) is 0 Å². The maximum absolute atomic E-state index is 12.8. The van der Waals surface area contributed by atoms with E-state index in [1.807, 2.05) is 30.3 Å². The molecule has 0 aromatic heterocycles. The fraction of sp³-hybridized carbons (Fsp3) is 0.379. The molecule has 2 N–H and O–H groups in total. The number of hydrogen-bond acceptors (Lipinski definition) is 6. The van der Waals surface area contributed by atoms with Gasteiger partial charge in [-0.25, -0.2) is 4.79 Å². The van der Waals surface area contributed by atoms with Crippen LogP contribution in [0.1, 0.15) is 63.1 Å². The molecule has 2 rings (SSSR count). The van der Waals surface area contributed by atoms with Crippen LogP contribution in [-0.2, 0) is 25.7 Å². The maximum atomic E-state index is 12.8. The van der Waals surface area contributed by atoms with Crippen LogP contribution in [0.2, 0.25) is 0 Å². The molecule has 0 bridgehead atoms. The lowest BCUT2D eigenvalue weighted by molar-refractivity contribution is -0.155. The molecule has 2 amide bonds. The molecule has 0 aliphatic carbocycles. The zero-order valence-corrected chi connectivity index (χ0v) is 21.5. The van der Waals surface area contributed by atoms with Crippen molar-refractivity contribution in [1.29, 1.82) is 5.26 Å². The molecule has 0 aliphatic rings. The van der Waals surface area contributed by atoms with Crippen molar-refractivity contribution in [3.05, 3.63) is 71.3 Å². The molecule has 194 valence electrons. The number of amides is 2. The lowest BCUT2D eigenvalue weighted by atomic mass is 10.1. The number of nitrogens with zero attached hydrogens (tertiary/aromatic N) is 1. The van der Waals surface area contributed by atoms with Gasteiger partial charge in [-0.15, -0.1) is 0 Å². The Hall–Kier alpha value is -4.30. The van der Waals surface area contributed by atoms with Crippen LogP contribution in [0, 0.1) is 23.2 Å². The van der Waals surface area contributed by atoms with E-state index in [1.54, 1.807) is 45.0 Å². The van der Waals surface area contributed by atoms with Crippen molar-refractivity contribution in [3.8, 4) is 17.9 Å². The second-order valence-electron chi connectivity index (χ2n) is 9.27. The number of hydrogen-bond donors (Lipinski definition) is 2. The fourth-order valence-corrected chi connectivity index (χ4v) is 3.13. The van der Waals surface area contributed by atoms with E-state index in [0.717, 1.165) is 11.1 Å². The van der Waals surface area contributed by atoms with Gasteiger partial charge in [0.15, 0.2) is 0 Å². The third kappa shape index (κ3) is 12.3. The van der Waals surface area contributed by atoms with Crippen LogP contribution in [0.4, 0.5) is 4.79 Å². The van der Waals surface area contributed by atoms with Crippen molar-refractivity contribution in [2.75, 3.05) is 6.54 Å². The van der Waals surface area contributed by atoms with E-state index in [9.17, 15) is 14.4 Å². The zero-order chi connectivity index (χ0) is 27.1. The Morgan fingerprint density at radius 3 is 2.32 bits per heavy atom. The molecule has 1 unspecified atom stereocenters. The molecule has 37 heavy (non-hydrogen) atoms. The van der Waals surface area contributed by atoms with E-state index in [4.69, 9.17) is 14.7 Å². The predicted octanol–water partition coefficient (Wildman–Crippen LogP) is 4.22. The third-order valence-corrected chi connectivity index (χ3v) is 4.90. The first-order valence-corrected chi connectivity index (χ1v) is 12.1. The van der Waals surface area contributed by atoms with E-state index >= 15 is 0 Å². The predicted molar refractivity (Wildman–Crippen MR) is 139 cm³/mol. The summed E-state index contributed by atoms with van der Waals surface area (Å²) in [6.07, 6.45) is 0.438. The molecular weight excluding hydrogens is 470 g/mol. The second kappa shape index (κ2) is 15.0. The number of carbonyl (C=O) groups excluding carboxylic acids is 3. The molecule has 8 heteroatoms.